The number of hydrogen-bond donors (Lipinski definition) is 1. The molecule has 4 rings (SSSR count). The van der Waals surface area contributed by atoms with Gasteiger partial charge in [-0.15, -0.1) is 11.3 Å². The second-order valence-corrected chi connectivity index (χ2v) is 11.0. The van der Waals surface area contributed by atoms with Gasteiger partial charge in [0.05, 0.1) is 12.6 Å². The number of ether oxygens (including phenoxy) is 2. The molecule has 0 saturated heterocycles. The molecule has 3 aromatic rings. The summed E-state index contributed by atoms with van der Waals surface area (Å²) in [5.74, 6) is 1.08. The largest absolute Gasteiger partial charge is 0.491 e. The third-order valence-electron chi connectivity index (χ3n) is 6.62. The molecule has 1 N–H and O–H groups in total. The Morgan fingerprint density at radius 1 is 1.18 bits per heavy atom. The van der Waals surface area contributed by atoms with Crippen LogP contribution in [0.25, 0.3) is 0 Å². The summed E-state index contributed by atoms with van der Waals surface area (Å²) < 4.78 is 11.4. The second kappa shape index (κ2) is 13.1. The molecule has 1 aliphatic rings. The molecule has 0 radical (unpaired) electrons. The van der Waals surface area contributed by atoms with E-state index in [4.69, 9.17) is 21.1 Å². The lowest BCUT2D eigenvalue weighted by molar-refractivity contribution is -0.135. The number of urea groups is 1. The first-order valence-electron chi connectivity index (χ1n) is 12.7. The minimum Gasteiger partial charge on any atom is -0.491 e. The predicted octanol–water partition coefficient (Wildman–Crippen LogP) is 6.21. The molecule has 0 spiro atoms. The lowest BCUT2D eigenvalue weighted by atomic mass is 10.00. The first kappa shape index (κ1) is 28.0. The Morgan fingerprint density at radius 2 is 1.97 bits per heavy atom. The fourth-order valence-electron chi connectivity index (χ4n) is 4.48. The van der Waals surface area contributed by atoms with Crippen molar-refractivity contribution in [2.24, 2.45) is 0 Å². The summed E-state index contributed by atoms with van der Waals surface area (Å²) in [6.07, 6.45) is 0.783. The van der Waals surface area contributed by atoms with Gasteiger partial charge in [0.25, 0.3) is 0 Å². The van der Waals surface area contributed by atoms with Crippen LogP contribution in [0, 0.1) is 0 Å². The van der Waals surface area contributed by atoms with Crippen molar-refractivity contribution in [2.75, 3.05) is 45.3 Å². The molecule has 0 bridgehead atoms. The fourth-order valence-corrected chi connectivity index (χ4v) is 5.59. The van der Waals surface area contributed by atoms with Gasteiger partial charge in [-0.05, 0) is 65.2 Å². The second-order valence-electron chi connectivity index (χ2n) is 9.54. The van der Waals surface area contributed by atoms with Crippen molar-refractivity contribution in [3.63, 3.8) is 0 Å². The smallest absolute Gasteiger partial charge is 0.322 e. The number of methoxy groups -OCH3 is 1. The van der Waals surface area contributed by atoms with E-state index in [1.807, 2.05) is 17.0 Å². The van der Waals surface area contributed by atoms with E-state index >= 15 is 0 Å². The van der Waals surface area contributed by atoms with Crippen molar-refractivity contribution >= 4 is 40.6 Å². The highest BCUT2D eigenvalue weighted by Crippen LogP contribution is 2.34. The molecule has 38 heavy (non-hydrogen) atoms. The van der Waals surface area contributed by atoms with Gasteiger partial charge in [0, 0.05) is 35.8 Å². The van der Waals surface area contributed by atoms with Gasteiger partial charge in [-0.1, -0.05) is 43.6 Å². The van der Waals surface area contributed by atoms with Crippen molar-refractivity contribution in [1.82, 2.24) is 9.80 Å². The van der Waals surface area contributed by atoms with Crippen molar-refractivity contribution < 1.29 is 19.1 Å². The summed E-state index contributed by atoms with van der Waals surface area (Å²) in [6, 6.07) is 16.5. The van der Waals surface area contributed by atoms with Crippen LogP contribution in [0.2, 0.25) is 5.02 Å². The Bertz CT molecular complexity index is 1230. The number of nitrogens with one attached hydrogen (secondary N) is 1. The predicted molar refractivity (Wildman–Crippen MR) is 152 cm³/mol. The summed E-state index contributed by atoms with van der Waals surface area (Å²) in [6.45, 7) is 5.73. The normalized spacial score (nSPS) is 14.8. The SMILES string of the molecule is COCCN(CC(=O)N1CCc2sccc2[C@@H]1COc1ccc(C(C)C)cc1)C(=O)Nc1cccc(Cl)c1. The molecular formula is C29H34ClN3O4S. The van der Waals surface area contributed by atoms with Crippen LogP contribution in [-0.4, -0.2) is 61.7 Å². The summed E-state index contributed by atoms with van der Waals surface area (Å²) in [7, 11) is 1.57. The minimum atomic E-state index is -0.385. The van der Waals surface area contributed by atoms with Gasteiger partial charge in [-0.25, -0.2) is 4.79 Å². The Morgan fingerprint density at radius 3 is 2.68 bits per heavy atom. The van der Waals surface area contributed by atoms with E-state index < -0.39 is 0 Å². The van der Waals surface area contributed by atoms with Crippen molar-refractivity contribution in [1.29, 1.82) is 0 Å². The zero-order valence-electron chi connectivity index (χ0n) is 22.0. The van der Waals surface area contributed by atoms with Gasteiger partial charge in [-0.3, -0.25) is 4.79 Å². The maximum absolute atomic E-state index is 13.6. The van der Waals surface area contributed by atoms with E-state index in [2.05, 4.69) is 42.7 Å². The summed E-state index contributed by atoms with van der Waals surface area (Å²) in [5.41, 5.74) is 2.92. The van der Waals surface area contributed by atoms with E-state index in [1.54, 1.807) is 42.7 Å². The topological polar surface area (TPSA) is 71.1 Å². The van der Waals surface area contributed by atoms with E-state index in [1.165, 1.54) is 15.3 Å². The molecule has 0 aliphatic carbocycles. The highest BCUT2D eigenvalue weighted by atomic mass is 35.5. The van der Waals surface area contributed by atoms with Crippen molar-refractivity contribution in [3.05, 3.63) is 81.0 Å². The Kier molecular flexibility index (Phi) is 9.66. The summed E-state index contributed by atoms with van der Waals surface area (Å²) in [4.78, 5) is 31.3. The molecule has 3 amide bonds. The monoisotopic (exact) mass is 555 g/mol. The first-order chi connectivity index (χ1) is 18.4. The third kappa shape index (κ3) is 7.07. The quantitative estimate of drug-likeness (QED) is 0.323. The van der Waals surface area contributed by atoms with Crippen LogP contribution < -0.4 is 10.1 Å². The molecule has 2 heterocycles. The molecule has 0 unspecified atom stereocenters. The fraction of sp³-hybridized carbons (Fsp3) is 0.379. The lowest BCUT2D eigenvalue weighted by Crippen LogP contribution is -2.49. The molecule has 2 aromatic carbocycles. The average molecular weight is 556 g/mol. The van der Waals surface area contributed by atoms with Gasteiger partial charge < -0.3 is 24.6 Å². The number of anilines is 1. The van der Waals surface area contributed by atoms with E-state index in [-0.39, 0.29) is 31.1 Å². The maximum atomic E-state index is 13.6. The minimum absolute atomic E-state index is 0.0746. The van der Waals surface area contributed by atoms with Crippen LogP contribution in [0.1, 0.15) is 41.8 Å². The van der Waals surface area contributed by atoms with Gasteiger partial charge in [0.1, 0.15) is 18.9 Å². The molecule has 202 valence electrons. The first-order valence-corrected chi connectivity index (χ1v) is 14.0. The van der Waals surface area contributed by atoms with E-state index in [9.17, 15) is 9.59 Å². The maximum Gasteiger partial charge on any atom is 0.322 e. The number of hydrogen-bond acceptors (Lipinski definition) is 5. The Labute approximate surface area is 233 Å². The van der Waals surface area contributed by atoms with Gasteiger partial charge >= 0.3 is 6.03 Å². The number of carbonyl (C=O) groups is 2. The number of halogens is 1. The van der Waals surface area contributed by atoms with Crippen LogP contribution in [-0.2, 0) is 16.0 Å². The Hall–Kier alpha value is -3.07. The van der Waals surface area contributed by atoms with Crippen molar-refractivity contribution in [3.8, 4) is 5.75 Å². The number of rotatable bonds is 10. The molecule has 1 atom stereocenters. The zero-order valence-corrected chi connectivity index (χ0v) is 23.6. The number of amides is 3. The number of carbonyl (C=O) groups excluding carboxylic acids is 2. The molecule has 0 fully saturated rings. The van der Waals surface area contributed by atoms with Gasteiger partial charge in [-0.2, -0.15) is 0 Å². The molecule has 1 aliphatic heterocycles. The summed E-state index contributed by atoms with van der Waals surface area (Å²) in [5, 5.41) is 5.41. The number of fused-ring (bicyclic) bond motifs is 1. The lowest BCUT2D eigenvalue weighted by Gasteiger charge is -2.37. The molecular weight excluding hydrogens is 522 g/mol. The highest BCUT2D eigenvalue weighted by Gasteiger charge is 2.33. The third-order valence-corrected chi connectivity index (χ3v) is 7.86. The standard InChI is InChI=1S/C29H34ClN3O4S/c1-20(2)21-7-9-24(10-8-21)37-19-26-25-12-16-38-27(25)11-13-33(26)28(34)18-32(14-15-36-3)29(35)31-23-6-4-5-22(30)17-23/h4-10,12,16-17,20,26H,11,13-15,18-19H2,1-3H3,(H,31,35)/t26-/m0/s1. The van der Waals surface area contributed by atoms with Gasteiger partial charge in [0.15, 0.2) is 0 Å². The van der Waals surface area contributed by atoms with Crippen LogP contribution >= 0.6 is 22.9 Å². The molecule has 7 nitrogen and oxygen atoms in total. The van der Waals surface area contributed by atoms with Crippen LogP contribution in [0.4, 0.5) is 10.5 Å². The average Bonchev–Trinajstić information content (AvgIpc) is 3.39. The highest BCUT2D eigenvalue weighted by molar-refractivity contribution is 7.10. The summed E-state index contributed by atoms with van der Waals surface area (Å²) >= 11 is 7.77. The van der Waals surface area contributed by atoms with Crippen LogP contribution in [0.3, 0.4) is 0 Å². The van der Waals surface area contributed by atoms with E-state index in [0.717, 1.165) is 17.7 Å². The molecule has 9 heteroatoms. The van der Waals surface area contributed by atoms with Crippen LogP contribution in [0.15, 0.2) is 60.0 Å². The van der Waals surface area contributed by atoms with Gasteiger partial charge in [0.2, 0.25) is 5.91 Å². The number of nitrogens with zero attached hydrogens (tertiary/aromatic N) is 2. The molecule has 1 aromatic heterocycles. The zero-order chi connectivity index (χ0) is 27.1. The molecule has 0 saturated carbocycles. The number of thiophene rings is 1. The van der Waals surface area contributed by atoms with Crippen LogP contribution in [0.5, 0.6) is 5.75 Å². The number of benzene rings is 2. The van der Waals surface area contributed by atoms with Crippen molar-refractivity contribution in [2.45, 2.75) is 32.2 Å². The van der Waals surface area contributed by atoms with E-state index in [0.29, 0.717) is 36.4 Å². The Balaban J connectivity index is 1.47.